The highest BCUT2D eigenvalue weighted by Crippen LogP contribution is 2.41. The summed E-state index contributed by atoms with van der Waals surface area (Å²) in [6.45, 7) is 0. The molecule has 6 rings (SSSR count). The van der Waals surface area contributed by atoms with Gasteiger partial charge in [-0.3, -0.25) is 0 Å². The predicted octanol–water partition coefficient (Wildman–Crippen LogP) is 7.20. The lowest BCUT2D eigenvalue weighted by atomic mass is 9.88. The van der Waals surface area contributed by atoms with E-state index in [1.807, 2.05) is 18.2 Å². The Kier molecular flexibility index (Phi) is 3.33. The summed E-state index contributed by atoms with van der Waals surface area (Å²) in [5, 5.41) is 30.5. The Labute approximate surface area is 172 Å². The van der Waals surface area contributed by atoms with Gasteiger partial charge in [-0.1, -0.05) is 60.7 Å². The van der Waals surface area contributed by atoms with Gasteiger partial charge in [0.05, 0.1) is 11.1 Å². The van der Waals surface area contributed by atoms with Crippen LogP contribution in [-0.4, -0.2) is 0 Å². The van der Waals surface area contributed by atoms with Gasteiger partial charge in [0, 0.05) is 0 Å². The number of nitrogens with zero attached hydrogens (tertiary/aromatic N) is 2. The molecule has 30 heavy (non-hydrogen) atoms. The molecule has 0 spiro atoms. The minimum atomic E-state index is 0.416. The van der Waals surface area contributed by atoms with E-state index in [9.17, 15) is 10.5 Å². The van der Waals surface area contributed by atoms with Crippen LogP contribution in [0, 0.1) is 22.7 Å². The van der Waals surface area contributed by atoms with Crippen LogP contribution in [0.1, 0.15) is 11.1 Å². The molecule has 0 saturated carbocycles. The number of hydrogen-bond donors (Lipinski definition) is 0. The van der Waals surface area contributed by atoms with Gasteiger partial charge < -0.3 is 0 Å². The maximum absolute atomic E-state index is 9.61. The van der Waals surface area contributed by atoms with E-state index in [1.54, 1.807) is 0 Å². The van der Waals surface area contributed by atoms with Gasteiger partial charge >= 0.3 is 0 Å². The largest absolute Gasteiger partial charge is 0.192 e. The van der Waals surface area contributed by atoms with Crippen molar-refractivity contribution in [3.8, 4) is 12.1 Å². The summed E-state index contributed by atoms with van der Waals surface area (Å²) < 4.78 is 0. The molecule has 0 aromatic heterocycles. The lowest BCUT2D eigenvalue weighted by molar-refractivity contribution is 1.45. The van der Waals surface area contributed by atoms with Gasteiger partial charge in [-0.15, -0.1) is 0 Å². The summed E-state index contributed by atoms with van der Waals surface area (Å²) in [6.07, 6.45) is 0. The Morgan fingerprint density at radius 1 is 0.433 bits per heavy atom. The fourth-order valence-corrected chi connectivity index (χ4v) is 4.69. The van der Waals surface area contributed by atoms with Crippen LogP contribution in [0.3, 0.4) is 0 Å². The first kappa shape index (κ1) is 16.5. The molecule has 2 nitrogen and oxygen atoms in total. The Morgan fingerprint density at radius 2 is 0.967 bits per heavy atom. The van der Waals surface area contributed by atoms with E-state index >= 15 is 0 Å². The van der Waals surface area contributed by atoms with Crippen molar-refractivity contribution in [3.63, 3.8) is 0 Å². The molecule has 0 saturated heterocycles. The molecule has 0 radical (unpaired) electrons. The number of fused-ring (bicyclic) bond motifs is 9. The Morgan fingerprint density at radius 3 is 1.63 bits per heavy atom. The first-order valence-corrected chi connectivity index (χ1v) is 9.82. The molecule has 0 heterocycles. The molecule has 0 aliphatic heterocycles. The fourth-order valence-electron chi connectivity index (χ4n) is 4.69. The highest BCUT2D eigenvalue weighted by Gasteiger charge is 2.15. The zero-order valence-electron chi connectivity index (χ0n) is 16.0. The predicted molar refractivity (Wildman–Crippen MR) is 123 cm³/mol. The monoisotopic (exact) mass is 378 g/mol. The van der Waals surface area contributed by atoms with Crippen molar-refractivity contribution in [2.45, 2.75) is 0 Å². The van der Waals surface area contributed by atoms with E-state index in [2.05, 4.69) is 78.9 Å². The normalized spacial score (nSPS) is 11.3. The summed E-state index contributed by atoms with van der Waals surface area (Å²) >= 11 is 0. The molecular formula is C28H14N2. The van der Waals surface area contributed by atoms with Crippen molar-refractivity contribution in [2.75, 3.05) is 0 Å². The smallest absolute Gasteiger partial charge is 0.101 e. The van der Waals surface area contributed by atoms with Crippen LogP contribution in [0.4, 0.5) is 0 Å². The molecule has 6 aromatic rings. The van der Waals surface area contributed by atoms with E-state index in [0.717, 1.165) is 26.9 Å². The van der Waals surface area contributed by atoms with Crippen molar-refractivity contribution < 1.29 is 0 Å². The van der Waals surface area contributed by atoms with E-state index in [1.165, 1.54) is 26.9 Å². The van der Waals surface area contributed by atoms with Gasteiger partial charge in [0.25, 0.3) is 0 Å². The molecule has 0 aliphatic rings. The van der Waals surface area contributed by atoms with E-state index in [0.29, 0.717) is 11.1 Å². The summed E-state index contributed by atoms with van der Waals surface area (Å²) in [7, 11) is 0. The van der Waals surface area contributed by atoms with Crippen LogP contribution in [0.15, 0.2) is 84.9 Å². The lowest BCUT2D eigenvalue weighted by Gasteiger charge is -2.14. The van der Waals surface area contributed by atoms with Crippen molar-refractivity contribution in [3.05, 3.63) is 96.1 Å². The van der Waals surface area contributed by atoms with Crippen LogP contribution in [0.2, 0.25) is 0 Å². The van der Waals surface area contributed by atoms with E-state index in [-0.39, 0.29) is 0 Å². The van der Waals surface area contributed by atoms with Gasteiger partial charge in [-0.05, 0) is 78.1 Å². The van der Waals surface area contributed by atoms with E-state index < -0.39 is 0 Å². The van der Waals surface area contributed by atoms with Crippen molar-refractivity contribution in [1.82, 2.24) is 0 Å². The van der Waals surface area contributed by atoms with Crippen LogP contribution < -0.4 is 0 Å². The van der Waals surface area contributed by atoms with Crippen molar-refractivity contribution in [2.24, 2.45) is 0 Å². The fraction of sp³-hybridized carbons (Fsp3) is 0. The molecule has 0 bridgehead atoms. The zero-order chi connectivity index (χ0) is 20.2. The topological polar surface area (TPSA) is 47.6 Å². The average molecular weight is 378 g/mol. The minimum Gasteiger partial charge on any atom is -0.192 e. The molecule has 0 unspecified atom stereocenters. The van der Waals surface area contributed by atoms with Crippen LogP contribution in [0.5, 0.6) is 0 Å². The maximum atomic E-state index is 9.61. The second kappa shape index (κ2) is 6.05. The summed E-state index contributed by atoms with van der Waals surface area (Å²) in [5.74, 6) is 0. The standard InChI is InChI=1S/C28H14N2/c29-15-20-13-24-23-10-9-17-5-3-4-8-22(17)28(23)27-12-19-7-2-1-6-18(19)11-26(27)25(24)14-21(20)16-30/h1-14H. The summed E-state index contributed by atoms with van der Waals surface area (Å²) in [4.78, 5) is 0. The molecule has 0 atom stereocenters. The summed E-state index contributed by atoms with van der Waals surface area (Å²) in [5.41, 5.74) is 0.833. The molecule has 0 amide bonds. The first-order valence-electron chi connectivity index (χ1n) is 9.82. The second-order valence-corrected chi connectivity index (χ2v) is 7.62. The molecular weight excluding hydrogens is 364 g/mol. The number of nitriles is 2. The highest BCUT2D eigenvalue weighted by molar-refractivity contribution is 6.33. The van der Waals surface area contributed by atoms with Gasteiger partial charge in [-0.2, -0.15) is 10.5 Å². The van der Waals surface area contributed by atoms with Crippen LogP contribution in [0.25, 0.3) is 53.9 Å². The minimum absolute atomic E-state index is 0.416. The average Bonchev–Trinajstić information content (AvgIpc) is 2.81. The molecule has 0 N–H and O–H groups in total. The Bertz CT molecular complexity index is 1730. The number of rotatable bonds is 0. The zero-order valence-corrected chi connectivity index (χ0v) is 16.0. The van der Waals surface area contributed by atoms with Gasteiger partial charge in [-0.25, -0.2) is 0 Å². The quantitative estimate of drug-likeness (QED) is 0.207. The third kappa shape index (κ3) is 2.17. The third-order valence-electron chi connectivity index (χ3n) is 6.06. The third-order valence-corrected chi connectivity index (χ3v) is 6.06. The molecule has 0 fully saturated rings. The number of hydrogen-bond acceptors (Lipinski definition) is 2. The first-order chi connectivity index (χ1) is 14.8. The molecule has 2 heteroatoms. The molecule has 6 aromatic carbocycles. The Hall–Kier alpha value is -4.40. The van der Waals surface area contributed by atoms with Crippen molar-refractivity contribution >= 4 is 53.9 Å². The van der Waals surface area contributed by atoms with Gasteiger partial charge in [0.2, 0.25) is 0 Å². The summed E-state index contributed by atoms with van der Waals surface area (Å²) in [6, 6.07) is 33.6. The van der Waals surface area contributed by atoms with Gasteiger partial charge in [0.1, 0.15) is 12.1 Å². The van der Waals surface area contributed by atoms with Crippen molar-refractivity contribution in [1.29, 1.82) is 10.5 Å². The second-order valence-electron chi connectivity index (χ2n) is 7.62. The van der Waals surface area contributed by atoms with E-state index in [4.69, 9.17) is 0 Å². The molecule has 0 aliphatic carbocycles. The van der Waals surface area contributed by atoms with Crippen LogP contribution in [-0.2, 0) is 0 Å². The van der Waals surface area contributed by atoms with Crippen LogP contribution >= 0.6 is 0 Å². The maximum Gasteiger partial charge on any atom is 0.101 e. The Balaban J connectivity index is 2.00. The lowest BCUT2D eigenvalue weighted by Crippen LogP contribution is -1.90. The highest BCUT2D eigenvalue weighted by atomic mass is 14.3. The number of benzene rings is 6. The molecule has 136 valence electrons. The van der Waals surface area contributed by atoms with Gasteiger partial charge in [0.15, 0.2) is 0 Å². The SMILES string of the molecule is N#Cc1cc2c(cc1C#N)c1ccc3ccccc3c1c1cc3ccccc3cc21.